The van der Waals surface area contributed by atoms with E-state index in [0.717, 1.165) is 57.3 Å². The molecule has 0 amide bonds. The zero-order valence-corrected chi connectivity index (χ0v) is 20.3. The van der Waals surface area contributed by atoms with Crippen molar-refractivity contribution in [3.8, 4) is 17.2 Å². The third-order valence-electron chi connectivity index (χ3n) is 7.40. The Morgan fingerprint density at radius 1 is 1.09 bits per heavy atom. The maximum absolute atomic E-state index is 5.95. The summed E-state index contributed by atoms with van der Waals surface area (Å²) in [5.41, 5.74) is 1.30. The molecule has 3 atom stereocenters. The van der Waals surface area contributed by atoms with Gasteiger partial charge in [0.05, 0.1) is 27.4 Å². The largest absolute Gasteiger partial charge is 0.493 e. The van der Waals surface area contributed by atoms with E-state index in [1.807, 2.05) is 19.2 Å². The van der Waals surface area contributed by atoms with Crippen LogP contribution in [0.15, 0.2) is 17.1 Å². The zero-order valence-electron chi connectivity index (χ0n) is 20.3. The molecule has 178 valence electrons. The van der Waals surface area contributed by atoms with Crippen LogP contribution in [0.3, 0.4) is 0 Å². The standard InChI is InChI=1S/C24H38N4O4/c1-24(2)21(17-7-12-32-22(17)24)26-23(25-3)28-10-8-27(9-11-28)15-16-13-18(29-4)20(31-6)19(14-16)30-5/h13-14,17,21-22H,7-12,15H2,1-6H3,(H,25,26). The van der Waals surface area contributed by atoms with Crippen LogP contribution in [0.1, 0.15) is 25.8 Å². The molecule has 0 spiro atoms. The molecule has 0 bridgehead atoms. The number of hydrogen-bond acceptors (Lipinski definition) is 6. The highest BCUT2D eigenvalue weighted by atomic mass is 16.5. The van der Waals surface area contributed by atoms with Crippen LogP contribution < -0.4 is 19.5 Å². The summed E-state index contributed by atoms with van der Waals surface area (Å²) in [5, 5.41) is 3.77. The Balaban J connectivity index is 1.35. The molecular weight excluding hydrogens is 408 g/mol. The molecule has 3 aliphatic rings. The molecule has 1 N–H and O–H groups in total. The molecule has 3 fully saturated rings. The quantitative estimate of drug-likeness (QED) is 0.531. The molecule has 1 aliphatic carbocycles. The highest BCUT2D eigenvalue weighted by molar-refractivity contribution is 5.80. The molecule has 1 aromatic rings. The Labute approximate surface area is 191 Å². The highest BCUT2D eigenvalue weighted by Crippen LogP contribution is 2.52. The van der Waals surface area contributed by atoms with Crippen molar-refractivity contribution in [2.75, 3.05) is 61.2 Å². The summed E-state index contributed by atoms with van der Waals surface area (Å²) in [5.74, 6) is 3.64. The minimum atomic E-state index is 0.144. The number of nitrogens with zero attached hydrogens (tertiary/aromatic N) is 3. The fraction of sp³-hybridized carbons (Fsp3) is 0.708. The lowest BCUT2D eigenvalue weighted by Gasteiger charge is -2.55. The van der Waals surface area contributed by atoms with Crippen LogP contribution in [0.4, 0.5) is 0 Å². The SMILES string of the molecule is CN=C(NC1C2CCOC2C1(C)C)N1CCN(Cc2cc(OC)c(OC)c(OC)c2)CC1. The number of rotatable bonds is 6. The Hall–Kier alpha value is -2.19. The molecule has 2 saturated heterocycles. The first-order chi connectivity index (χ1) is 15.4. The van der Waals surface area contributed by atoms with Crippen molar-refractivity contribution >= 4 is 5.96 Å². The number of nitrogens with one attached hydrogen (secondary N) is 1. The molecule has 1 aromatic carbocycles. The summed E-state index contributed by atoms with van der Waals surface area (Å²) < 4.78 is 22.4. The minimum Gasteiger partial charge on any atom is -0.493 e. The van der Waals surface area contributed by atoms with Crippen molar-refractivity contribution in [2.24, 2.45) is 16.3 Å². The second kappa shape index (κ2) is 9.35. The fourth-order valence-corrected chi connectivity index (χ4v) is 5.66. The van der Waals surface area contributed by atoms with Crippen LogP contribution >= 0.6 is 0 Å². The van der Waals surface area contributed by atoms with Gasteiger partial charge in [-0.1, -0.05) is 13.8 Å². The Morgan fingerprint density at radius 3 is 2.31 bits per heavy atom. The van der Waals surface area contributed by atoms with Gasteiger partial charge in [0.25, 0.3) is 0 Å². The van der Waals surface area contributed by atoms with Gasteiger partial charge >= 0.3 is 0 Å². The highest BCUT2D eigenvalue weighted by Gasteiger charge is 2.59. The first-order valence-electron chi connectivity index (χ1n) is 11.5. The third-order valence-corrected chi connectivity index (χ3v) is 7.40. The Bertz CT molecular complexity index is 810. The zero-order chi connectivity index (χ0) is 22.9. The van der Waals surface area contributed by atoms with Gasteiger partial charge < -0.3 is 29.2 Å². The predicted molar refractivity (Wildman–Crippen MR) is 125 cm³/mol. The van der Waals surface area contributed by atoms with Crippen molar-refractivity contribution in [1.29, 1.82) is 0 Å². The number of ether oxygens (including phenoxy) is 4. The lowest BCUT2D eigenvalue weighted by atomic mass is 9.57. The van der Waals surface area contributed by atoms with E-state index < -0.39 is 0 Å². The second-order valence-electron chi connectivity index (χ2n) is 9.53. The van der Waals surface area contributed by atoms with Crippen LogP contribution in [0.5, 0.6) is 17.2 Å². The number of guanidine groups is 1. The van der Waals surface area contributed by atoms with E-state index in [9.17, 15) is 0 Å². The van der Waals surface area contributed by atoms with E-state index in [4.69, 9.17) is 18.9 Å². The van der Waals surface area contributed by atoms with Gasteiger partial charge in [-0.25, -0.2) is 0 Å². The molecule has 3 unspecified atom stereocenters. The fourth-order valence-electron chi connectivity index (χ4n) is 5.66. The maximum atomic E-state index is 5.95. The van der Waals surface area contributed by atoms with E-state index in [1.165, 1.54) is 0 Å². The van der Waals surface area contributed by atoms with Crippen LogP contribution in [-0.2, 0) is 11.3 Å². The minimum absolute atomic E-state index is 0.144. The van der Waals surface area contributed by atoms with Gasteiger partial charge in [-0.15, -0.1) is 0 Å². The molecule has 4 rings (SSSR count). The maximum Gasteiger partial charge on any atom is 0.203 e. The van der Waals surface area contributed by atoms with Crippen molar-refractivity contribution in [3.05, 3.63) is 17.7 Å². The normalized spacial score (nSPS) is 27.5. The summed E-state index contributed by atoms with van der Waals surface area (Å²) in [7, 11) is 6.83. The summed E-state index contributed by atoms with van der Waals surface area (Å²) in [6, 6.07) is 4.49. The van der Waals surface area contributed by atoms with Gasteiger partial charge in [-0.3, -0.25) is 9.89 Å². The Kier molecular flexibility index (Phi) is 6.72. The van der Waals surface area contributed by atoms with Gasteiger partial charge in [0, 0.05) is 63.8 Å². The van der Waals surface area contributed by atoms with Gasteiger partial charge in [0.1, 0.15) is 0 Å². The number of methoxy groups -OCH3 is 3. The average molecular weight is 447 g/mol. The summed E-state index contributed by atoms with van der Waals surface area (Å²) in [4.78, 5) is 9.45. The van der Waals surface area contributed by atoms with Gasteiger partial charge in [-0.2, -0.15) is 0 Å². The van der Waals surface area contributed by atoms with Crippen LogP contribution in [0.25, 0.3) is 0 Å². The van der Waals surface area contributed by atoms with Crippen molar-refractivity contribution in [3.63, 3.8) is 0 Å². The van der Waals surface area contributed by atoms with Crippen molar-refractivity contribution < 1.29 is 18.9 Å². The third kappa shape index (κ3) is 4.10. The number of fused-ring (bicyclic) bond motifs is 1. The molecule has 8 heteroatoms. The van der Waals surface area contributed by atoms with Crippen LogP contribution in [0.2, 0.25) is 0 Å². The average Bonchev–Trinajstić information content (AvgIpc) is 3.27. The number of piperazine rings is 1. The van der Waals surface area contributed by atoms with Crippen molar-refractivity contribution in [2.45, 2.75) is 39.0 Å². The summed E-state index contributed by atoms with van der Waals surface area (Å²) in [6.07, 6.45) is 1.53. The molecule has 8 nitrogen and oxygen atoms in total. The Morgan fingerprint density at radius 2 is 1.75 bits per heavy atom. The smallest absolute Gasteiger partial charge is 0.203 e. The van der Waals surface area contributed by atoms with Crippen molar-refractivity contribution in [1.82, 2.24) is 15.1 Å². The second-order valence-corrected chi connectivity index (χ2v) is 9.53. The van der Waals surface area contributed by atoms with Gasteiger partial charge in [-0.05, 0) is 24.1 Å². The number of hydrogen-bond donors (Lipinski definition) is 1. The summed E-state index contributed by atoms with van der Waals surface area (Å²) >= 11 is 0. The van der Waals surface area contributed by atoms with E-state index in [0.29, 0.717) is 35.3 Å². The molecule has 1 saturated carbocycles. The summed E-state index contributed by atoms with van der Waals surface area (Å²) in [6.45, 7) is 10.2. The van der Waals surface area contributed by atoms with E-state index in [2.05, 4.69) is 34.0 Å². The predicted octanol–water partition coefficient (Wildman–Crippen LogP) is 2.22. The van der Waals surface area contributed by atoms with E-state index in [1.54, 1.807) is 21.3 Å². The molecular formula is C24H38N4O4. The number of benzene rings is 1. The molecule has 0 aromatic heterocycles. The van der Waals surface area contributed by atoms with Crippen LogP contribution in [-0.4, -0.2) is 89.1 Å². The lowest BCUT2D eigenvalue weighted by molar-refractivity contribution is -0.107. The lowest BCUT2D eigenvalue weighted by Crippen LogP contribution is -2.68. The monoisotopic (exact) mass is 446 g/mol. The van der Waals surface area contributed by atoms with Gasteiger partial charge in [0.15, 0.2) is 17.5 Å². The van der Waals surface area contributed by atoms with E-state index in [-0.39, 0.29) is 5.41 Å². The van der Waals surface area contributed by atoms with Gasteiger partial charge in [0.2, 0.25) is 5.75 Å². The van der Waals surface area contributed by atoms with E-state index >= 15 is 0 Å². The number of aliphatic imine (C=N–C) groups is 1. The first-order valence-corrected chi connectivity index (χ1v) is 11.5. The first kappa shape index (κ1) is 23.0. The molecule has 2 aliphatic heterocycles. The van der Waals surface area contributed by atoms with Crippen LogP contribution in [0, 0.1) is 11.3 Å². The molecule has 2 heterocycles. The topological polar surface area (TPSA) is 67.8 Å². The molecule has 32 heavy (non-hydrogen) atoms. The molecule has 0 radical (unpaired) electrons.